The first-order valence-corrected chi connectivity index (χ1v) is 7.20. The summed E-state index contributed by atoms with van der Waals surface area (Å²) in [5.74, 6) is -1.61. The van der Waals surface area contributed by atoms with Crippen molar-refractivity contribution in [3.63, 3.8) is 0 Å². The molecule has 120 valence electrons. The fraction of sp³-hybridized carbons (Fsp3) is 0.500. The van der Waals surface area contributed by atoms with Gasteiger partial charge in [0.15, 0.2) is 0 Å². The van der Waals surface area contributed by atoms with Crippen molar-refractivity contribution in [2.75, 3.05) is 19.7 Å². The Labute approximate surface area is 128 Å². The summed E-state index contributed by atoms with van der Waals surface area (Å²) in [5.41, 5.74) is -0.683. The number of rotatable bonds is 4. The largest absolute Gasteiger partial charge is 0.481 e. The van der Waals surface area contributed by atoms with Crippen molar-refractivity contribution in [3.05, 3.63) is 35.6 Å². The predicted molar refractivity (Wildman–Crippen MR) is 78.0 cm³/mol. The van der Waals surface area contributed by atoms with E-state index in [1.165, 1.54) is 6.07 Å². The van der Waals surface area contributed by atoms with Crippen molar-refractivity contribution < 1.29 is 23.8 Å². The molecular formula is C16H20FNO4. The van der Waals surface area contributed by atoms with Gasteiger partial charge in [-0.3, -0.25) is 9.59 Å². The van der Waals surface area contributed by atoms with Crippen molar-refractivity contribution in [2.24, 2.45) is 0 Å². The number of carbonyl (C=O) groups excluding carboxylic acids is 1. The molecule has 1 aliphatic rings. The second-order valence-electron chi connectivity index (χ2n) is 5.95. The average molecular weight is 309 g/mol. The van der Waals surface area contributed by atoms with Gasteiger partial charge in [0.1, 0.15) is 5.82 Å². The van der Waals surface area contributed by atoms with Crippen LogP contribution in [0.15, 0.2) is 24.3 Å². The van der Waals surface area contributed by atoms with Gasteiger partial charge in [0.05, 0.1) is 24.5 Å². The molecule has 1 N–H and O–H groups in total. The number of ether oxygens (including phenoxy) is 1. The van der Waals surface area contributed by atoms with E-state index in [9.17, 15) is 14.0 Å². The molecule has 1 heterocycles. The monoisotopic (exact) mass is 309 g/mol. The van der Waals surface area contributed by atoms with Gasteiger partial charge in [-0.15, -0.1) is 0 Å². The van der Waals surface area contributed by atoms with Crippen LogP contribution in [-0.2, 0) is 19.7 Å². The minimum Gasteiger partial charge on any atom is -0.481 e. The minimum absolute atomic E-state index is 0.149. The number of aliphatic carboxylic acids is 1. The summed E-state index contributed by atoms with van der Waals surface area (Å²) in [6.07, 6.45) is -0.671. The van der Waals surface area contributed by atoms with Crippen molar-refractivity contribution in [2.45, 2.75) is 31.8 Å². The summed E-state index contributed by atoms with van der Waals surface area (Å²) >= 11 is 0. The third-order valence-corrected chi connectivity index (χ3v) is 3.91. The van der Waals surface area contributed by atoms with Crippen molar-refractivity contribution >= 4 is 11.9 Å². The number of amides is 1. The maximum atomic E-state index is 14.0. The summed E-state index contributed by atoms with van der Waals surface area (Å²) in [7, 11) is 0. The van der Waals surface area contributed by atoms with Gasteiger partial charge in [-0.25, -0.2) is 4.39 Å². The standard InChI is InChI=1S/C16H20FNO4/c1-16(2,12-5-3-4-6-13(12)17)15(21)18-7-8-22-11(10-18)9-14(19)20/h3-6,11H,7-10H2,1-2H3,(H,19,20). The van der Waals surface area contributed by atoms with E-state index < -0.39 is 23.3 Å². The number of carboxylic acid groups (broad SMARTS) is 1. The molecule has 0 radical (unpaired) electrons. The fourth-order valence-electron chi connectivity index (χ4n) is 2.70. The van der Waals surface area contributed by atoms with Crippen LogP contribution in [0.25, 0.3) is 0 Å². The molecule has 0 aliphatic carbocycles. The minimum atomic E-state index is -1.02. The van der Waals surface area contributed by atoms with E-state index in [1.807, 2.05) is 0 Å². The van der Waals surface area contributed by atoms with E-state index in [-0.39, 0.29) is 25.5 Å². The van der Waals surface area contributed by atoms with Gasteiger partial charge in [-0.1, -0.05) is 18.2 Å². The molecule has 2 rings (SSSR count). The lowest BCUT2D eigenvalue weighted by Gasteiger charge is -2.37. The van der Waals surface area contributed by atoms with E-state index in [0.717, 1.165) is 0 Å². The highest BCUT2D eigenvalue weighted by Crippen LogP contribution is 2.28. The van der Waals surface area contributed by atoms with E-state index >= 15 is 0 Å². The number of benzene rings is 1. The molecular weight excluding hydrogens is 289 g/mol. The van der Waals surface area contributed by atoms with Crippen LogP contribution in [0.3, 0.4) is 0 Å². The number of carbonyl (C=O) groups is 2. The van der Waals surface area contributed by atoms with Crippen LogP contribution in [0.1, 0.15) is 25.8 Å². The molecule has 1 aliphatic heterocycles. The van der Waals surface area contributed by atoms with Crippen LogP contribution in [0, 0.1) is 5.82 Å². The van der Waals surface area contributed by atoms with Gasteiger partial charge >= 0.3 is 5.97 Å². The molecule has 5 nitrogen and oxygen atoms in total. The summed E-state index contributed by atoms with van der Waals surface area (Å²) in [6.45, 7) is 4.23. The molecule has 1 unspecified atom stereocenters. The Bertz CT molecular complexity index is 573. The van der Waals surface area contributed by atoms with E-state index in [4.69, 9.17) is 9.84 Å². The molecule has 1 saturated heterocycles. The van der Waals surface area contributed by atoms with Crippen molar-refractivity contribution in [3.8, 4) is 0 Å². The van der Waals surface area contributed by atoms with Crippen LogP contribution in [-0.4, -0.2) is 47.7 Å². The summed E-state index contributed by atoms with van der Waals surface area (Å²) in [4.78, 5) is 25.1. The van der Waals surface area contributed by atoms with Crippen molar-refractivity contribution in [1.29, 1.82) is 0 Å². The van der Waals surface area contributed by atoms with Crippen LogP contribution >= 0.6 is 0 Å². The Morgan fingerprint density at radius 3 is 2.73 bits per heavy atom. The maximum Gasteiger partial charge on any atom is 0.306 e. The fourth-order valence-corrected chi connectivity index (χ4v) is 2.70. The van der Waals surface area contributed by atoms with Gasteiger partial charge in [-0.2, -0.15) is 0 Å². The lowest BCUT2D eigenvalue weighted by molar-refractivity contribution is -0.150. The third kappa shape index (κ3) is 3.44. The highest BCUT2D eigenvalue weighted by molar-refractivity contribution is 5.87. The molecule has 22 heavy (non-hydrogen) atoms. The van der Waals surface area contributed by atoms with Gasteiger partial charge in [0, 0.05) is 18.7 Å². The summed E-state index contributed by atoms with van der Waals surface area (Å²) < 4.78 is 19.4. The van der Waals surface area contributed by atoms with E-state index in [2.05, 4.69) is 0 Å². The number of halogens is 1. The maximum absolute atomic E-state index is 14.0. The first-order valence-electron chi connectivity index (χ1n) is 7.20. The zero-order valence-electron chi connectivity index (χ0n) is 12.7. The topological polar surface area (TPSA) is 66.8 Å². The molecule has 1 amide bonds. The molecule has 1 atom stereocenters. The van der Waals surface area contributed by atoms with Crippen LogP contribution in [0.4, 0.5) is 4.39 Å². The Hall–Kier alpha value is -1.95. The number of hydrogen-bond acceptors (Lipinski definition) is 3. The molecule has 1 aromatic rings. The van der Waals surface area contributed by atoms with Gasteiger partial charge < -0.3 is 14.7 Å². The molecule has 6 heteroatoms. The van der Waals surface area contributed by atoms with Crippen LogP contribution < -0.4 is 0 Å². The normalized spacial score (nSPS) is 19.0. The van der Waals surface area contributed by atoms with Gasteiger partial charge in [-0.05, 0) is 19.9 Å². The lowest BCUT2D eigenvalue weighted by atomic mass is 9.82. The van der Waals surface area contributed by atoms with Crippen molar-refractivity contribution in [1.82, 2.24) is 4.90 Å². The zero-order chi connectivity index (χ0) is 16.3. The van der Waals surface area contributed by atoms with Gasteiger partial charge in [0.2, 0.25) is 5.91 Å². The summed E-state index contributed by atoms with van der Waals surface area (Å²) in [6, 6.07) is 6.20. The Morgan fingerprint density at radius 1 is 1.41 bits per heavy atom. The number of morpholine rings is 1. The summed E-state index contributed by atoms with van der Waals surface area (Å²) in [5, 5.41) is 8.83. The number of nitrogens with zero attached hydrogens (tertiary/aromatic N) is 1. The smallest absolute Gasteiger partial charge is 0.306 e. The quantitative estimate of drug-likeness (QED) is 0.921. The Kier molecular flexibility index (Phi) is 4.81. The average Bonchev–Trinajstić information content (AvgIpc) is 2.46. The van der Waals surface area contributed by atoms with Crippen LogP contribution in [0.2, 0.25) is 0 Å². The molecule has 0 aromatic heterocycles. The Balaban J connectivity index is 2.16. The highest BCUT2D eigenvalue weighted by Gasteiger charge is 2.38. The van der Waals surface area contributed by atoms with E-state index in [0.29, 0.717) is 12.1 Å². The lowest BCUT2D eigenvalue weighted by Crippen LogP contribution is -2.51. The Morgan fingerprint density at radius 2 is 2.09 bits per heavy atom. The number of carboxylic acids is 1. The predicted octanol–water partition coefficient (Wildman–Crippen LogP) is 1.81. The first kappa shape index (κ1) is 16.4. The molecule has 1 fully saturated rings. The first-order chi connectivity index (χ1) is 10.3. The van der Waals surface area contributed by atoms with E-state index in [1.54, 1.807) is 36.9 Å². The van der Waals surface area contributed by atoms with Crippen LogP contribution in [0.5, 0.6) is 0 Å². The molecule has 1 aromatic carbocycles. The highest BCUT2D eigenvalue weighted by atomic mass is 19.1. The molecule has 0 spiro atoms. The SMILES string of the molecule is CC(C)(C(=O)N1CCOC(CC(=O)O)C1)c1ccccc1F. The van der Waals surface area contributed by atoms with Gasteiger partial charge in [0.25, 0.3) is 0 Å². The third-order valence-electron chi connectivity index (χ3n) is 3.91. The molecule has 0 saturated carbocycles. The molecule has 0 bridgehead atoms. The second kappa shape index (κ2) is 6.44. The number of hydrogen-bond donors (Lipinski definition) is 1. The second-order valence-corrected chi connectivity index (χ2v) is 5.95. The zero-order valence-corrected chi connectivity index (χ0v) is 12.7.